The minimum atomic E-state index is 0.521. The maximum atomic E-state index is 6.15. The van der Waals surface area contributed by atoms with Crippen molar-refractivity contribution in [3.05, 3.63) is 95.0 Å². The minimum Gasteiger partial charge on any atom is -0.341 e. The topological polar surface area (TPSA) is 15.3 Å². The molecule has 3 heteroatoms. The number of benzene rings is 3. The molecule has 3 aromatic rings. The summed E-state index contributed by atoms with van der Waals surface area (Å²) in [6.07, 6.45) is 0. The van der Waals surface area contributed by atoms with Crippen LogP contribution in [-0.2, 0) is 0 Å². The molecular weight excluding hydrogens is 376 g/mol. The molecule has 1 aliphatic heterocycles. The lowest BCUT2D eigenvalue weighted by Crippen LogP contribution is -2.29. The smallest absolute Gasteiger partial charge is 0.0411 e. The van der Waals surface area contributed by atoms with Gasteiger partial charge in [-0.25, -0.2) is 0 Å². The molecule has 29 heavy (non-hydrogen) atoms. The lowest BCUT2D eigenvalue weighted by atomic mass is 9.86. The van der Waals surface area contributed by atoms with Gasteiger partial charge in [-0.3, -0.25) is 0 Å². The molecule has 1 N–H and O–H groups in total. The molecule has 0 aliphatic carbocycles. The second-order valence-corrected chi connectivity index (χ2v) is 8.71. The third kappa shape index (κ3) is 4.66. The first-order valence-corrected chi connectivity index (χ1v) is 10.9. The molecule has 0 bridgehead atoms. The van der Waals surface area contributed by atoms with E-state index in [0.29, 0.717) is 17.8 Å². The van der Waals surface area contributed by atoms with E-state index in [4.69, 9.17) is 11.6 Å². The lowest BCUT2D eigenvalue weighted by molar-refractivity contribution is 0.525. The largest absolute Gasteiger partial charge is 0.341 e. The second-order valence-electron chi connectivity index (χ2n) is 8.27. The molecule has 2 atom stereocenters. The van der Waals surface area contributed by atoms with Crippen LogP contribution in [-0.4, -0.2) is 19.6 Å². The first-order valence-electron chi connectivity index (χ1n) is 10.5. The number of rotatable bonds is 6. The Morgan fingerprint density at radius 1 is 0.897 bits per heavy atom. The summed E-state index contributed by atoms with van der Waals surface area (Å²) in [6, 6.07) is 28.0. The van der Waals surface area contributed by atoms with Crippen molar-refractivity contribution in [3.63, 3.8) is 0 Å². The molecule has 0 radical (unpaired) electrons. The zero-order chi connectivity index (χ0) is 20.2. The Balaban J connectivity index is 1.63. The first kappa shape index (κ1) is 20.0. The van der Waals surface area contributed by atoms with Crippen molar-refractivity contribution in [2.24, 2.45) is 5.92 Å². The van der Waals surface area contributed by atoms with Gasteiger partial charge in [-0.1, -0.05) is 67.9 Å². The minimum absolute atomic E-state index is 0.521. The first-order chi connectivity index (χ1) is 14.1. The molecule has 150 valence electrons. The van der Waals surface area contributed by atoms with E-state index < -0.39 is 0 Å². The summed E-state index contributed by atoms with van der Waals surface area (Å²) in [5, 5.41) is 4.41. The van der Waals surface area contributed by atoms with Crippen LogP contribution in [0.15, 0.2) is 78.9 Å². The summed E-state index contributed by atoms with van der Waals surface area (Å²) in [7, 11) is 0. The molecule has 3 aromatic carbocycles. The van der Waals surface area contributed by atoms with Crippen molar-refractivity contribution in [1.29, 1.82) is 0 Å². The van der Waals surface area contributed by atoms with E-state index >= 15 is 0 Å². The molecule has 1 fully saturated rings. The van der Waals surface area contributed by atoms with Crippen molar-refractivity contribution in [2.75, 3.05) is 24.5 Å². The number of nitrogens with zero attached hydrogens (tertiary/aromatic N) is 1. The number of hydrogen-bond acceptors (Lipinski definition) is 2. The molecule has 1 aliphatic rings. The molecule has 1 heterocycles. The Labute approximate surface area is 179 Å². The molecule has 1 saturated heterocycles. The molecule has 0 saturated carbocycles. The molecule has 0 aromatic heterocycles. The Kier molecular flexibility index (Phi) is 6.22. The number of nitrogens with one attached hydrogen (secondary N) is 1. The average molecular weight is 405 g/mol. The number of anilines is 2. The van der Waals surface area contributed by atoms with Crippen LogP contribution in [0.3, 0.4) is 0 Å². The summed E-state index contributed by atoms with van der Waals surface area (Å²) in [6.45, 7) is 7.57. The Morgan fingerprint density at radius 2 is 1.62 bits per heavy atom. The summed E-state index contributed by atoms with van der Waals surface area (Å²) in [4.78, 5) is 2.42. The van der Waals surface area contributed by atoms with Crippen LogP contribution in [0.4, 0.5) is 11.4 Å². The number of para-hydroxylation sites is 1. The lowest BCUT2D eigenvalue weighted by Gasteiger charge is -2.30. The van der Waals surface area contributed by atoms with Gasteiger partial charge >= 0.3 is 0 Å². The molecular formula is C26H29ClN2. The highest BCUT2D eigenvalue weighted by atomic mass is 35.5. The van der Waals surface area contributed by atoms with Gasteiger partial charge in [0.25, 0.3) is 0 Å². The molecule has 0 spiro atoms. The monoisotopic (exact) mass is 404 g/mol. The van der Waals surface area contributed by atoms with Gasteiger partial charge in [0, 0.05) is 41.9 Å². The highest BCUT2D eigenvalue weighted by molar-refractivity contribution is 6.30. The van der Waals surface area contributed by atoms with Crippen LogP contribution >= 0.6 is 11.6 Å². The van der Waals surface area contributed by atoms with Crippen LogP contribution in [0.1, 0.15) is 36.8 Å². The fourth-order valence-electron chi connectivity index (χ4n) is 4.29. The zero-order valence-electron chi connectivity index (χ0n) is 17.2. The highest BCUT2D eigenvalue weighted by Crippen LogP contribution is 2.34. The highest BCUT2D eigenvalue weighted by Gasteiger charge is 2.30. The standard InChI is InChI=1S/C26H29ClN2/c1-19(2)20-7-6-8-21(15-20)26-17-28-16-22(26)18-29(24-9-4-3-5-10-24)25-13-11-23(27)12-14-25/h3-15,19,22,26,28H,16-18H2,1-2H3/t22-,26?/m1/s1. The van der Waals surface area contributed by atoms with E-state index in [1.54, 1.807) is 0 Å². The van der Waals surface area contributed by atoms with E-state index in [1.165, 1.54) is 22.5 Å². The van der Waals surface area contributed by atoms with E-state index in [9.17, 15) is 0 Å². The normalized spacial score (nSPS) is 18.9. The van der Waals surface area contributed by atoms with E-state index in [-0.39, 0.29) is 0 Å². The predicted octanol–water partition coefficient (Wildman–Crippen LogP) is 6.60. The van der Waals surface area contributed by atoms with Crippen LogP contribution < -0.4 is 10.2 Å². The third-order valence-electron chi connectivity index (χ3n) is 5.97. The van der Waals surface area contributed by atoms with Gasteiger partial charge in [-0.15, -0.1) is 0 Å². The maximum Gasteiger partial charge on any atom is 0.0411 e. The Morgan fingerprint density at radius 3 is 2.34 bits per heavy atom. The zero-order valence-corrected chi connectivity index (χ0v) is 17.9. The fraction of sp³-hybridized carbons (Fsp3) is 0.308. The van der Waals surface area contributed by atoms with Crippen molar-refractivity contribution >= 4 is 23.0 Å². The summed E-state index contributed by atoms with van der Waals surface area (Å²) in [5.41, 5.74) is 5.28. The molecule has 0 amide bonds. The maximum absolute atomic E-state index is 6.15. The van der Waals surface area contributed by atoms with Crippen molar-refractivity contribution in [2.45, 2.75) is 25.7 Å². The summed E-state index contributed by atoms with van der Waals surface area (Å²) >= 11 is 6.15. The van der Waals surface area contributed by atoms with Gasteiger partial charge < -0.3 is 10.2 Å². The fourth-order valence-corrected chi connectivity index (χ4v) is 4.41. The van der Waals surface area contributed by atoms with Crippen LogP contribution in [0.2, 0.25) is 5.02 Å². The van der Waals surface area contributed by atoms with E-state index in [2.05, 4.69) is 90.8 Å². The van der Waals surface area contributed by atoms with Crippen molar-refractivity contribution in [3.8, 4) is 0 Å². The average Bonchev–Trinajstić information content (AvgIpc) is 3.22. The third-order valence-corrected chi connectivity index (χ3v) is 6.22. The summed E-state index contributed by atoms with van der Waals surface area (Å²) in [5.74, 6) is 1.61. The Bertz CT molecular complexity index is 921. The number of halogens is 1. The molecule has 2 nitrogen and oxygen atoms in total. The van der Waals surface area contributed by atoms with Gasteiger partial charge in [0.2, 0.25) is 0 Å². The predicted molar refractivity (Wildman–Crippen MR) is 125 cm³/mol. The van der Waals surface area contributed by atoms with E-state index in [0.717, 1.165) is 24.7 Å². The van der Waals surface area contributed by atoms with Crippen molar-refractivity contribution in [1.82, 2.24) is 5.32 Å². The van der Waals surface area contributed by atoms with Crippen LogP contribution in [0.5, 0.6) is 0 Å². The quantitative estimate of drug-likeness (QED) is 0.497. The van der Waals surface area contributed by atoms with Gasteiger partial charge in [-0.2, -0.15) is 0 Å². The second kappa shape index (κ2) is 9.02. The van der Waals surface area contributed by atoms with Crippen LogP contribution in [0.25, 0.3) is 0 Å². The van der Waals surface area contributed by atoms with E-state index in [1.807, 2.05) is 12.1 Å². The van der Waals surface area contributed by atoms with Gasteiger partial charge in [0.1, 0.15) is 0 Å². The van der Waals surface area contributed by atoms with Gasteiger partial charge in [-0.05, 0) is 59.4 Å². The van der Waals surface area contributed by atoms with Gasteiger partial charge in [0.15, 0.2) is 0 Å². The van der Waals surface area contributed by atoms with Gasteiger partial charge in [0.05, 0.1) is 0 Å². The molecule has 1 unspecified atom stereocenters. The summed E-state index contributed by atoms with van der Waals surface area (Å²) < 4.78 is 0. The number of hydrogen-bond donors (Lipinski definition) is 1. The van der Waals surface area contributed by atoms with Crippen molar-refractivity contribution < 1.29 is 0 Å². The molecule has 4 rings (SSSR count). The Hall–Kier alpha value is -2.29. The van der Waals surface area contributed by atoms with Crippen LogP contribution in [0, 0.1) is 5.92 Å². The SMILES string of the molecule is CC(C)c1cccc(C2CNC[C@@H]2CN(c2ccccc2)c2ccc(Cl)cc2)c1.